The van der Waals surface area contributed by atoms with Crippen LogP contribution in [0.15, 0.2) is 36.7 Å². The number of aryl methyl sites for hydroxylation is 1. The van der Waals surface area contributed by atoms with Crippen LogP contribution in [-0.4, -0.2) is 4.98 Å². The van der Waals surface area contributed by atoms with Gasteiger partial charge in [0.2, 0.25) is 0 Å². The number of hydrogen-bond acceptors (Lipinski definition) is 2. The zero-order valence-corrected chi connectivity index (χ0v) is 11.5. The zero-order chi connectivity index (χ0) is 13.1. The summed E-state index contributed by atoms with van der Waals surface area (Å²) in [5, 5.41) is 1.27. The highest BCUT2D eigenvalue weighted by Crippen LogP contribution is 2.30. The third kappa shape index (κ3) is 2.66. The largest absolute Gasteiger partial charge is 0.320 e. The number of benzene rings is 1. The minimum absolute atomic E-state index is 0.283. The summed E-state index contributed by atoms with van der Waals surface area (Å²) < 4.78 is 0. The van der Waals surface area contributed by atoms with E-state index in [1.54, 1.807) is 18.3 Å². The number of hydrogen-bond donors (Lipinski definition) is 1. The third-order valence-electron chi connectivity index (χ3n) is 2.95. The van der Waals surface area contributed by atoms with Gasteiger partial charge in [-0.3, -0.25) is 4.98 Å². The molecule has 0 saturated carbocycles. The van der Waals surface area contributed by atoms with Crippen LogP contribution in [0.5, 0.6) is 0 Å². The fourth-order valence-corrected chi connectivity index (χ4v) is 2.37. The van der Waals surface area contributed by atoms with Gasteiger partial charge in [0.25, 0.3) is 0 Å². The molecular formula is C14H14Cl2N2. The molecule has 0 spiro atoms. The first-order valence-electron chi connectivity index (χ1n) is 5.76. The number of pyridine rings is 1. The molecule has 18 heavy (non-hydrogen) atoms. The van der Waals surface area contributed by atoms with Crippen LogP contribution in [0, 0.1) is 0 Å². The molecule has 1 unspecified atom stereocenters. The molecular weight excluding hydrogens is 267 g/mol. The van der Waals surface area contributed by atoms with E-state index in [0.29, 0.717) is 10.0 Å². The summed E-state index contributed by atoms with van der Waals surface area (Å²) in [7, 11) is 0. The first-order valence-corrected chi connectivity index (χ1v) is 6.52. The van der Waals surface area contributed by atoms with Crippen LogP contribution in [0.3, 0.4) is 0 Å². The van der Waals surface area contributed by atoms with Crippen molar-refractivity contribution in [2.24, 2.45) is 5.73 Å². The maximum atomic E-state index is 6.29. The van der Waals surface area contributed by atoms with Gasteiger partial charge in [-0.2, -0.15) is 0 Å². The van der Waals surface area contributed by atoms with Gasteiger partial charge in [-0.15, -0.1) is 0 Å². The Hall–Kier alpha value is -1.09. The van der Waals surface area contributed by atoms with Crippen molar-refractivity contribution in [1.82, 2.24) is 4.98 Å². The Bertz CT molecular complexity index is 555. The van der Waals surface area contributed by atoms with Crippen LogP contribution in [0.4, 0.5) is 0 Å². The topological polar surface area (TPSA) is 38.9 Å². The fraction of sp³-hybridized carbons (Fsp3) is 0.214. The van der Waals surface area contributed by atoms with Gasteiger partial charge in [0.05, 0.1) is 6.04 Å². The van der Waals surface area contributed by atoms with Crippen molar-refractivity contribution < 1.29 is 0 Å². The Morgan fingerprint density at radius 2 is 2.00 bits per heavy atom. The quantitative estimate of drug-likeness (QED) is 0.923. The predicted molar refractivity (Wildman–Crippen MR) is 76.1 cm³/mol. The Balaban J connectivity index is 2.47. The minimum Gasteiger partial charge on any atom is -0.320 e. The van der Waals surface area contributed by atoms with E-state index in [4.69, 9.17) is 28.9 Å². The third-order valence-corrected chi connectivity index (χ3v) is 3.53. The molecule has 1 aromatic heterocycles. The highest BCUT2D eigenvalue weighted by molar-refractivity contribution is 6.33. The molecule has 0 radical (unpaired) electrons. The van der Waals surface area contributed by atoms with Gasteiger partial charge in [-0.1, -0.05) is 30.1 Å². The molecule has 0 amide bonds. The number of halogens is 2. The van der Waals surface area contributed by atoms with Gasteiger partial charge < -0.3 is 5.73 Å². The molecule has 2 aromatic rings. The lowest BCUT2D eigenvalue weighted by Gasteiger charge is -2.17. The van der Waals surface area contributed by atoms with Crippen LogP contribution in [0.25, 0.3) is 0 Å². The van der Waals surface area contributed by atoms with Gasteiger partial charge in [-0.25, -0.2) is 0 Å². The normalized spacial score (nSPS) is 12.4. The van der Waals surface area contributed by atoms with Crippen molar-refractivity contribution >= 4 is 23.2 Å². The molecule has 94 valence electrons. The molecule has 0 aliphatic heterocycles. The molecule has 4 heteroatoms. The molecule has 0 saturated heterocycles. The van der Waals surface area contributed by atoms with Crippen LogP contribution in [-0.2, 0) is 6.42 Å². The van der Waals surface area contributed by atoms with E-state index in [-0.39, 0.29) is 6.04 Å². The number of rotatable bonds is 3. The summed E-state index contributed by atoms with van der Waals surface area (Å²) in [4.78, 5) is 4.12. The second-order valence-electron chi connectivity index (χ2n) is 4.07. The molecule has 1 atom stereocenters. The van der Waals surface area contributed by atoms with E-state index < -0.39 is 0 Å². The van der Waals surface area contributed by atoms with Gasteiger partial charge in [-0.05, 0) is 47.4 Å². The number of aromatic nitrogens is 1. The van der Waals surface area contributed by atoms with E-state index >= 15 is 0 Å². The average molecular weight is 281 g/mol. The summed E-state index contributed by atoms with van der Waals surface area (Å²) in [5.74, 6) is 0. The van der Waals surface area contributed by atoms with E-state index in [9.17, 15) is 0 Å². The van der Waals surface area contributed by atoms with Gasteiger partial charge in [0, 0.05) is 22.4 Å². The summed E-state index contributed by atoms with van der Waals surface area (Å²) in [6.45, 7) is 2.08. The molecule has 0 fully saturated rings. The van der Waals surface area contributed by atoms with Crippen molar-refractivity contribution in [3.63, 3.8) is 0 Å². The van der Waals surface area contributed by atoms with E-state index in [1.165, 1.54) is 0 Å². The summed E-state index contributed by atoms with van der Waals surface area (Å²) in [6.07, 6.45) is 4.47. The molecule has 2 rings (SSSR count). The Morgan fingerprint density at radius 1 is 1.22 bits per heavy atom. The lowest BCUT2D eigenvalue weighted by Crippen LogP contribution is -2.14. The van der Waals surface area contributed by atoms with Crippen molar-refractivity contribution in [1.29, 1.82) is 0 Å². The van der Waals surface area contributed by atoms with Crippen LogP contribution in [0.1, 0.15) is 29.7 Å². The SMILES string of the molecule is CCc1cnccc1C(N)c1cc(Cl)ccc1Cl. The number of nitrogens with zero attached hydrogens (tertiary/aromatic N) is 1. The Morgan fingerprint density at radius 3 is 2.72 bits per heavy atom. The van der Waals surface area contributed by atoms with Gasteiger partial charge in [0.15, 0.2) is 0 Å². The average Bonchev–Trinajstić information content (AvgIpc) is 2.40. The molecule has 2 N–H and O–H groups in total. The highest BCUT2D eigenvalue weighted by Gasteiger charge is 2.15. The maximum absolute atomic E-state index is 6.29. The molecule has 1 aromatic carbocycles. The van der Waals surface area contributed by atoms with Crippen LogP contribution >= 0.6 is 23.2 Å². The van der Waals surface area contributed by atoms with Crippen molar-refractivity contribution in [3.8, 4) is 0 Å². The second-order valence-corrected chi connectivity index (χ2v) is 4.92. The van der Waals surface area contributed by atoms with Gasteiger partial charge in [0.1, 0.15) is 0 Å². The molecule has 0 aliphatic rings. The predicted octanol–water partition coefficient (Wildman–Crippen LogP) is 4.00. The second kappa shape index (κ2) is 5.70. The van der Waals surface area contributed by atoms with Gasteiger partial charge >= 0.3 is 0 Å². The summed E-state index contributed by atoms with van der Waals surface area (Å²) in [5.41, 5.74) is 9.29. The standard InChI is InChI=1S/C14H14Cl2N2/c1-2-9-8-18-6-5-11(9)14(17)12-7-10(15)3-4-13(12)16/h3-8,14H,2,17H2,1H3. The van der Waals surface area contributed by atoms with Crippen molar-refractivity contribution in [3.05, 3.63) is 63.4 Å². The lowest BCUT2D eigenvalue weighted by atomic mass is 9.95. The maximum Gasteiger partial charge on any atom is 0.0570 e. The van der Waals surface area contributed by atoms with E-state index in [1.807, 2.05) is 18.3 Å². The Labute approximate surface area is 117 Å². The van der Waals surface area contributed by atoms with Crippen LogP contribution in [0.2, 0.25) is 10.0 Å². The number of nitrogens with two attached hydrogens (primary N) is 1. The Kier molecular flexibility index (Phi) is 4.23. The molecule has 0 bridgehead atoms. The first kappa shape index (κ1) is 13.3. The van der Waals surface area contributed by atoms with Crippen LogP contribution < -0.4 is 5.73 Å². The summed E-state index contributed by atoms with van der Waals surface area (Å²) in [6, 6.07) is 6.99. The van der Waals surface area contributed by atoms with E-state index in [2.05, 4.69) is 11.9 Å². The monoisotopic (exact) mass is 280 g/mol. The minimum atomic E-state index is -0.283. The van der Waals surface area contributed by atoms with E-state index in [0.717, 1.165) is 23.1 Å². The molecule has 1 heterocycles. The lowest BCUT2D eigenvalue weighted by molar-refractivity contribution is 0.844. The highest BCUT2D eigenvalue weighted by atomic mass is 35.5. The van der Waals surface area contributed by atoms with Crippen molar-refractivity contribution in [2.45, 2.75) is 19.4 Å². The molecule has 2 nitrogen and oxygen atoms in total. The first-order chi connectivity index (χ1) is 8.63. The zero-order valence-electron chi connectivity index (χ0n) is 10.0. The molecule has 0 aliphatic carbocycles. The fourth-order valence-electron chi connectivity index (χ4n) is 1.96. The smallest absolute Gasteiger partial charge is 0.0570 e. The van der Waals surface area contributed by atoms with Crippen molar-refractivity contribution in [2.75, 3.05) is 0 Å². The summed E-state index contributed by atoms with van der Waals surface area (Å²) >= 11 is 12.2.